The van der Waals surface area contributed by atoms with E-state index in [0.29, 0.717) is 13.1 Å². The van der Waals surface area contributed by atoms with Crippen molar-refractivity contribution < 1.29 is 81.3 Å². The number of primary amides is 2. The van der Waals surface area contributed by atoms with Crippen LogP contribution in [0.4, 0.5) is 37.7 Å². The van der Waals surface area contributed by atoms with Gasteiger partial charge in [-0.3, -0.25) is 37.2 Å². The fourth-order valence-electron chi connectivity index (χ4n) is 7.70. The lowest BCUT2D eigenvalue weighted by Crippen LogP contribution is -2.47. The number of benzene rings is 2. The van der Waals surface area contributed by atoms with Gasteiger partial charge in [-0.15, -0.1) is 0 Å². The first-order valence-corrected chi connectivity index (χ1v) is 27.5. The normalized spacial score (nSPS) is 16.4. The number of nitrogens with zero attached hydrogens (tertiary/aromatic N) is 6. The maximum absolute atomic E-state index is 13.8. The summed E-state index contributed by atoms with van der Waals surface area (Å²) in [6.07, 6.45) is -9.57. The first-order chi connectivity index (χ1) is 35.6. The third-order valence-corrected chi connectivity index (χ3v) is 17.0. The summed E-state index contributed by atoms with van der Waals surface area (Å²) in [6.45, 7) is 13.0. The fraction of sp³-hybridized carbons (Fsp3) is 0.542. The molecule has 0 spiro atoms. The second kappa shape index (κ2) is 22.6. The number of hydrogen-bond acceptors (Lipinski definition) is 14. The molecule has 20 nitrogen and oxygen atoms in total. The number of rotatable bonds is 18. The number of ether oxygens (including phenoxy) is 4. The number of fused-ring (bicyclic) bond motifs is 2. The summed E-state index contributed by atoms with van der Waals surface area (Å²) in [7, 11) is -8.68. The Morgan fingerprint density at radius 2 is 0.936 bits per heavy atom. The maximum Gasteiger partial charge on any atom is 0.427 e. The van der Waals surface area contributed by atoms with Crippen LogP contribution in [-0.2, 0) is 74.6 Å². The molecule has 0 unspecified atom stereocenters. The summed E-state index contributed by atoms with van der Waals surface area (Å²) < 4.78 is 160. The predicted molar refractivity (Wildman–Crippen MR) is 272 cm³/mol. The molecular weight excluding hydrogens is 1130 g/mol. The number of hydrogen-bond donors (Lipinski definition) is 2. The van der Waals surface area contributed by atoms with E-state index in [-0.39, 0.29) is 80.0 Å². The van der Waals surface area contributed by atoms with Gasteiger partial charge in [-0.1, -0.05) is 63.0 Å². The van der Waals surface area contributed by atoms with Gasteiger partial charge < -0.3 is 30.4 Å². The van der Waals surface area contributed by atoms with Gasteiger partial charge in [0.2, 0.25) is 23.0 Å². The molecule has 0 saturated carbocycles. The Bertz CT molecular complexity index is 2960. The molecule has 0 radical (unpaired) electrons. The highest BCUT2D eigenvalue weighted by Crippen LogP contribution is 2.44. The number of aromatic nitrogens is 4. The molecule has 4 aromatic rings. The van der Waals surface area contributed by atoms with Crippen molar-refractivity contribution >= 4 is 78.4 Å². The van der Waals surface area contributed by atoms with Crippen LogP contribution in [0.3, 0.4) is 0 Å². The molecule has 432 valence electrons. The monoisotopic (exact) mass is 1190 g/mol. The number of alkyl halides is 6. The largest absolute Gasteiger partial charge is 0.486 e. The molecule has 2 aliphatic rings. The van der Waals surface area contributed by atoms with Gasteiger partial charge in [0.15, 0.2) is 10.3 Å². The van der Waals surface area contributed by atoms with E-state index in [2.05, 4.69) is 19.7 Å². The van der Waals surface area contributed by atoms with Gasteiger partial charge in [-0.05, 0) is 89.8 Å². The van der Waals surface area contributed by atoms with Crippen molar-refractivity contribution in [3.8, 4) is 11.5 Å². The molecule has 0 fully saturated rings. The number of nitrogens with two attached hydrogens (primary N) is 2. The van der Waals surface area contributed by atoms with E-state index in [0.717, 1.165) is 36.3 Å². The minimum atomic E-state index is -4.78. The molecule has 0 saturated heterocycles. The number of amides is 2. The highest BCUT2D eigenvalue weighted by molar-refractivity contribution is 7.93. The minimum absolute atomic E-state index is 0.0313. The molecule has 2 aromatic carbocycles. The van der Waals surface area contributed by atoms with E-state index >= 15 is 0 Å². The van der Waals surface area contributed by atoms with Crippen LogP contribution in [-0.4, -0.2) is 109 Å². The lowest BCUT2D eigenvalue weighted by Gasteiger charge is -2.38. The predicted octanol–water partition coefficient (Wildman–Crippen LogP) is 7.68. The number of aryl methyl sites for hydroxylation is 2. The zero-order valence-corrected chi connectivity index (χ0v) is 47.2. The third-order valence-electron chi connectivity index (χ3n) is 12.7. The Balaban J connectivity index is 0.000000287. The Labute approximate surface area is 456 Å². The lowest BCUT2D eigenvalue weighted by molar-refractivity contribution is -0.257. The second-order valence-electron chi connectivity index (χ2n) is 20.7. The van der Waals surface area contributed by atoms with Crippen LogP contribution >= 0.6 is 23.2 Å². The maximum atomic E-state index is 13.8. The molecule has 2 aliphatic heterocycles. The quantitative estimate of drug-likeness (QED) is 0.0715. The highest BCUT2D eigenvalue weighted by atomic mass is 35.5. The Kier molecular flexibility index (Phi) is 18.2. The minimum Gasteiger partial charge on any atom is -0.486 e. The van der Waals surface area contributed by atoms with E-state index in [1.807, 2.05) is 0 Å². The summed E-state index contributed by atoms with van der Waals surface area (Å²) >= 11 is 12.3. The lowest BCUT2D eigenvalue weighted by atomic mass is 9.85. The summed E-state index contributed by atoms with van der Waals surface area (Å²) in [6, 6.07) is 8.26. The van der Waals surface area contributed by atoms with E-state index in [1.165, 1.54) is 58.2 Å². The Morgan fingerprint density at radius 1 is 0.615 bits per heavy atom. The van der Waals surface area contributed by atoms with Crippen LogP contribution in [0.1, 0.15) is 93.2 Å². The van der Waals surface area contributed by atoms with Crippen LogP contribution in [0.2, 0.25) is 10.3 Å². The molecule has 4 heterocycles. The fourth-order valence-corrected chi connectivity index (χ4v) is 11.6. The van der Waals surface area contributed by atoms with Gasteiger partial charge in [0, 0.05) is 36.3 Å². The van der Waals surface area contributed by atoms with Crippen LogP contribution < -0.4 is 29.6 Å². The van der Waals surface area contributed by atoms with Crippen molar-refractivity contribution in [2.75, 3.05) is 21.7 Å². The molecule has 0 aliphatic carbocycles. The van der Waals surface area contributed by atoms with Gasteiger partial charge in [-0.2, -0.15) is 36.5 Å². The van der Waals surface area contributed by atoms with Crippen LogP contribution in [0.25, 0.3) is 0 Å². The van der Waals surface area contributed by atoms with Crippen molar-refractivity contribution in [3.05, 3.63) is 70.2 Å². The SMILES string of the molecule is CCn1cc(S(=O)(=O)N2C[C@@H](CC(C)(C)C(N)=O)Oc3ccc(CC(=O)OC(C)(C)C(F)(F)F)cc32)c(Cl)n1.CCn1cc(S(=O)(=O)N2C[C@H](CC(C)(C)C(N)=O)Oc3ccc(CC(=O)OC(C)(C)C(F)(F)F)cc32)c(Cl)n1. The van der Waals surface area contributed by atoms with Crippen LogP contribution in [0.15, 0.2) is 58.6 Å². The average Bonchev–Trinajstić information content (AvgIpc) is 3.89. The van der Waals surface area contributed by atoms with Gasteiger partial charge >= 0.3 is 24.3 Å². The molecule has 4 N–H and O–H groups in total. The van der Waals surface area contributed by atoms with E-state index < -0.39 is 103 Å². The molecule has 2 aromatic heterocycles. The zero-order chi connectivity index (χ0) is 59.1. The molecule has 78 heavy (non-hydrogen) atoms. The molecule has 0 bridgehead atoms. The zero-order valence-electron chi connectivity index (χ0n) is 44.0. The number of sulfonamides is 2. The summed E-state index contributed by atoms with van der Waals surface area (Å²) in [5.74, 6) is -3.29. The Morgan fingerprint density at radius 3 is 1.21 bits per heavy atom. The van der Waals surface area contributed by atoms with Crippen LogP contribution in [0.5, 0.6) is 11.5 Å². The second-order valence-corrected chi connectivity index (χ2v) is 25.0. The van der Waals surface area contributed by atoms with Crippen LogP contribution in [0, 0.1) is 10.8 Å². The molecular formula is C48H60Cl2F6N8O12S2. The number of halogens is 8. The molecule has 30 heteroatoms. The first kappa shape index (κ1) is 62.8. The Hall–Kier alpha value is -6.00. The molecule has 2 atom stereocenters. The summed E-state index contributed by atoms with van der Waals surface area (Å²) in [5.41, 5.74) is 3.94. The topological polar surface area (TPSA) is 268 Å². The van der Waals surface area contributed by atoms with Crippen molar-refractivity contribution in [1.29, 1.82) is 0 Å². The molecule has 6 rings (SSSR count). The van der Waals surface area contributed by atoms with E-state index in [4.69, 9.17) is 44.1 Å². The summed E-state index contributed by atoms with van der Waals surface area (Å²) in [5, 5.41) is 7.47. The van der Waals surface area contributed by atoms with Crippen molar-refractivity contribution in [1.82, 2.24) is 19.6 Å². The van der Waals surface area contributed by atoms with E-state index in [9.17, 15) is 62.4 Å². The van der Waals surface area contributed by atoms with Crippen molar-refractivity contribution in [2.45, 2.75) is 154 Å². The van der Waals surface area contributed by atoms with Gasteiger partial charge in [0.25, 0.3) is 20.0 Å². The number of anilines is 2. The number of carbonyl (C=O) groups excluding carboxylic acids is 4. The molecule has 2 amide bonds. The standard InChI is InChI=1S/2C24H30ClF3N4O6S/c2*1-6-31-13-18(20(25)30-31)39(35,36)32-12-15(11-22(2,3)21(29)34)37-17-8-7-14(9-16(17)32)10-19(33)38-23(4,5)24(26,27)28/h2*7-9,13,15H,6,10-12H2,1-5H3,(H2,29,34)/t2*15-/m10/s1. The average molecular weight is 1190 g/mol. The third kappa shape index (κ3) is 14.1. The number of esters is 2. The summed E-state index contributed by atoms with van der Waals surface area (Å²) in [4.78, 5) is 48.0. The van der Waals surface area contributed by atoms with Gasteiger partial charge in [0.05, 0.1) is 37.3 Å². The first-order valence-electron chi connectivity index (χ1n) is 23.8. The number of carbonyl (C=O) groups is 4. The highest BCUT2D eigenvalue weighted by Gasteiger charge is 2.52. The van der Waals surface area contributed by atoms with E-state index in [1.54, 1.807) is 41.5 Å². The van der Waals surface area contributed by atoms with Gasteiger partial charge in [0.1, 0.15) is 33.5 Å². The van der Waals surface area contributed by atoms with Crippen molar-refractivity contribution in [3.63, 3.8) is 0 Å². The smallest absolute Gasteiger partial charge is 0.427 e. The van der Waals surface area contributed by atoms with Crippen molar-refractivity contribution in [2.24, 2.45) is 22.3 Å². The van der Waals surface area contributed by atoms with Gasteiger partial charge in [-0.25, -0.2) is 16.8 Å².